The van der Waals surface area contributed by atoms with Crippen LogP contribution in [0.3, 0.4) is 0 Å². The van der Waals surface area contributed by atoms with Crippen molar-refractivity contribution in [1.82, 2.24) is 4.98 Å². The first-order valence-corrected chi connectivity index (χ1v) is 4.62. The number of hydrogen-bond donors (Lipinski definition) is 0. The summed E-state index contributed by atoms with van der Waals surface area (Å²) in [5.41, 5.74) is 2.19. The van der Waals surface area contributed by atoms with Crippen molar-refractivity contribution in [3.8, 4) is 12.3 Å². The lowest BCUT2D eigenvalue weighted by Gasteiger charge is -2.05. The number of rotatable bonds is 1. The molecule has 1 aromatic carbocycles. The van der Waals surface area contributed by atoms with Crippen LogP contribution in [0.5, 0.6) is 0 Å². The molecule has 1 heteroatoms. The summed E-state index contributed by atoms with van der Waals surface area (Å²) in [4.78, 5) is 4.26. The van der Waals surface area contributed by atoms with E-state index in [4.69, 9.17) is 6.42 Å². The zero-order valence-electron chi connectivity index (χ0n) is 8.07. The summed E-state index contributed by atoms with van der Waals surface area (Å²) in [6.45, 7) is 2.03. The van der Waals surface area contributed by atoms with E-state index in [1.54, 1.807) is 6.20 Å². The topological polar surface area (TPSA) is 12.9 Å². The monoisotopic (exact) mass is 181 g/mol. The van der Waals surface area contributed by atoms with Crippen molar-refractivity contribution in [1.29, 1.82) is 0 Å². The molecular formula is C13H11N. The molecule has 0 N–H and O–H groups in total. The molecule has 0 fully saturated rings. The lowest BCUT2D eigenvalue weighted by atomic mass is 10.0. The van der Waals surface area contributed by atoms with Crippen LogP contribution in [-0.4, -0.2) is 4.98 Å². The number of hydrogen-bond acceptors (Lipinski definition) is 1. The van der Waals surface area contributed by atoms with Gasteiger partial charge in [-0.15, -0.1) is 6.42 Å². The van der Waals surface area contributed by atoms with Crippen molar-refractivity contribution < 1.29 is 0 Å². The molecule has 68 valence electrons. The number of terminal acetylenes is 1. The van der Waals surface area contributed by atoms with E-state index in [2.05, 4.69) is 23.0 Å². The van der Waals surface area contributed by atoms with Crippen LogP contribution in [0.2, 0.25) is 0 Å². The van der Waals surface area contributed by atoms with Gasteiger partial charge in [0.1, 0.15) is 0 Å². The fraction of sp³-hybridized carbons (Fsp3) is 0.154. The SMILES string of the molecule is C#CC(C)c1ccc2ncccc2c1. The molecule has 0 amide bonds. The summed E-state index contributed by atoms with van der Waals surface area (Å²) >= 11 is 0. The van der Waals surface area contributed by atoms with Crippen molar-refractivity contribution in [2.24, 2.45) is 0 Å². The highest BCUT2D eigenvalue weighted by atomic mass is 14.6. The van der Waals surface area contributed by atoms with Gasteiger partial charge in [0.2, 0.25) is 0 Å². The molecule has 1 unspecified atom stereocenters. The Morgan fingerprint density at radius 1 is 1.36 bits per heavy atom. The maximum Gasteiger partial charge on any atom is 0.0702 e. The van der Waals surface area contributed by atoms with E-state index >= 15 is 0 Å². The van der Waals surface area contributed by atoms with Crippen LogP contribution >= 0.6 is 0 Å². The molecule has 0 saturated carbocycles. The Kier molecular flexibility index (Phi) is 2.20. The van der Waals surface area contributed by atoms with Gasteiger partial charge in [-0.2, -0.15) is 0 Å². The van der Waals surface area contributed by atoms with Crippen molar-refractivity contribution in [2.45, 2.75) is 12.8 Å². The van der Waals surface area contributed by atoms with Gasteiger partial charge in [0, 0.05) is 17.5 Å². The minimum absolute atomic E-state index is 0.166. The van der Waals surface area contributed by atoms with Crippen molar-refractivity contribution in [3.63, 3.8) is 0 Å². The average Bonchev–Trinajstić information content (AvgIpc) is 2.27. The average molecular weight is 181 g/mol. The van der Waals surface area contributed by atoms with E-state index in [1.165, 1.54) is 5.56 Å². The first kappa shape index (κ1) is 8.77. The molecule has 1 nitrogen and oxygen atoms in total. The maximum absolute atomic E-state index is 5.38. The van der Waals surface area contributed by atoms with Crippen LogP contribution in [-0.2, 0) is 0 Å². The molecule has 0 aliphatic rings. The smallest absolute Gasteiger partial charge is 0.0702 e. The number of pyridine rings is 1. The third kappa shape index (κ3) is 1.47. The Balaban J connectivity index is 2.58. The lowest BCUT2D eigenvalue weighted by molar-refractivity contribution is 1.01. The molecule has 0 aliphatic carbocycles. The van der Waals surface area contributed by atoms with Gasteiger partial charge in [-0.3, -0.25) is 4.98 Å². The second kappa shape index (κ2) is 3.51. The molecule has 1 heterocycles. The summed E-state index contributed by atoms with van der Waals surface area (Å²) in [5.74, 6) is 2.89. The Morgan fingerprint density at radius 3 is 3.00 bits per heavy atom. The van der Waals surface area contributed by atoms with Crippen LogP contribution in [0, 0.1) is 12.3 Å². The van der Waals surface area contributed by atoms with Crippen LogP contribution in [0.1, 0.15) is 18.4 Å². The van der Waals surface area contributed by atoms with Gasteiger partial charge in [0.05, 0.1) is 5.52 Å². The van der Waals surface area contributed by atoms with E-state index in [0.717, 1.165) is 10.9 Å². The van der Waals surface area contributed by atoms with Crippen LogP contribution < -0.4 is 0 Å². The van der Waals surface area contributed by atoms with Gasteiger partial charge in [-0.05, 0) is 30.7 Å². The molecule has 14 heavy (non-hydrogen) atoms. The van der Waals surface area contributed by atoms with Crippen LogP contribution in [0.4, 0.5) is 0 Å². The minimum Gasteiger partial charge on any atom is -0.256 e. The normalized spacial score (nSPS) is 12.3. The minimum atomic E-state index is 0.166. The predicted octanol–water partition coefficient (Wildman–Crippen LogP) is 2.97. The number of benzene rings is 1. The van der Waals surface area contributed by atoms with Crippen molar-refractivity contribution in [2.75, 3.05) is 0 Å². The Hall–Kier alpha value is -1.81. The molecule has 0 bridgehead atoms. The summed E-state index contributed by atoms with van der Waals surface area (Å²) in [6.07, 6.45) is 7.18. The Labute approximate surface area is 83.8 Å². The summed E-state index contributed by atoms with van der Waals surface area (Å²) in [7, 11) is 0. The van der Waals surface area contributed by atoms with E-state index in [9.17, 15) is 0 Å². The third-order valence-corrected chi connectivity index (χ3v) is 2.38. The first-order valence-electron chi connectivity index (χ1n) is 4.62. The standard InChI is InChI=1S/C13H11N/c1-3-10(2)11-6-7-13-12(9-11)5-4-8-14-13/h1,4-10H,2H3. The third-order valence-electron chi connectivity index (χ3n) is 2.38. The maximum atomic E-state index is 5.38. The van der Waals surface area contributed by atoms with Gasteiger partial charge in [0.25, 0.3) is 0 Å². The highest BCUT2D eigenvalue weighted by Crippen LogP contribution is 2.19. The van der Waals surface area contributed by atoms with Crippen molar-refractivity contribution >= 4 is 10.9 Å². The molecule has 2 rings (SSSR count). The second-order valence-electron chi connectivity index (χ2n) is 3.34. The molecule has 1 aromatic heterocycles. The fourth-order valence-electron chi connectivity index (χ4n) is 1.46. The van der Waals surface area contributed by atoms with E-state index in [1.807, 2.05) is 25.1 Å². The zero-order chi connectivity index (χ0) is 9.97. The largest absolute Gasteiger partial charge is 0.256 e. The van der Waals surface area contributed by atoms with Crippen LogP contribution in [0.15, 0.2) is 36.5 Å². The molecule has 0 aliphatic heterocycles. The Morgan fingerprint density at radius 2 is 2.21 bits per heavy atom. The molecule has 2 aromatic rings. The second-order valence-corrected chi connectivity index (χ2v) is 3.34. The summed E-state index contributed by atoms with van der Waals surface area (Å²) in [5, 5.41) is 1.15. The molecule has 0 saturated heterocycles. The van der Waals surface area contributed by atoms with E-state index in [-0.39, 0.29) is 5.92 Å². The zero-order valence-corrected chi connectivity index (χ0v) is 8.07. The highest BCUT2D eigenvalue weighted by Gasteiger charge is 2.02. The first-order chi connectivity index (χ1) is 6.81. The summed E-state index contributed by atoms with van der Waals surface area (Å²) in [6, 6.07) is 10.1. The van der Waals surface area contributed by atoms with Gasteiger partial charge in [0.15, 0.2) is 0 Å². The number of aromatic nitrogens is 1. The predicted molar refractivity (Wildman–Crippen MR) is 59.0 cm³/mol. The van der Waals surface area contributed by atoms with Gasteiger partial charge in [-0.1, -0.05) is 18.1 Å². The van der Waals surface area contributed by atoms with E-state index < -0.39 is 0 Å². The van der Waals surface area contributed by atoms with E-state index in [0.29, 0.717) is 0 Å². The molecule has 1 atom stereocenters. The van der Waals surface area contributed by atoms with Crippen molar-refractivity contribution in [3.05, 3.63) is 42.1 Å². The number of nitrogens with zero attached hydrogens (tertiary/aromatic N) is 1. The number of fused-ring (bicyclic) bond motifs is 1. The van der Waals surface area contributed by atoms with Gasteiger partial charge >= 0.3 is 0 Å². The molecular weight excluding hydrogens is 170 g/mol. The summed E-state index contributed by atoms with van der Waals surface area (Å²) < 4.78 is 0. The fourth-order valence-corrected chi connectivity index (χ4v) is 1.46. The molecule has 0 radical (unpaired) electrons. The van der Waals surface area contributed by atoms with Gasteiger partial charge < -0.3 is 0 Å². The lowest BCUT2D eigenvalue weighted by Crippen LogP contribution is -1.89. The Bertz CT molecular complexity index is 494. The van der Waals surface area contributed by atoms with Gasteiger partial charge in [-0.25, -0.2) is 0 Å². The highest BCUT2D eigenvalue weighted by molar-refractivity contribution is 5.79. The van der Waals surface area contributed by atoms with Crippen LogP contribution in [0.25, 0.3) is 10.9 Å². The molecule has 0 spiro atoms. The quantitative estimate of drug-likeness (QED) is 0.616.